The fourth-order valence-electron chi connectivity index (χ4n) is 10.8. The van der Waals surface area contributed by atoms with Crippen LogP contribution in [0.2, 0.25) is 0 Å². The van der Waals surface area contributed by atoms with Gasteiger partial charge in [-0.25, -0.2) is 9.78 Å². The van der Waals surface area contributed by atoms with E-state index in [1.165, 1.54) is 36.4 Å². The average molecular weight is 910 g/mol. The van der Waals surface area contributed by atoms with E-state index in [1.807, 2.05) is 19.3 Å². The van der Waals surface area contributed by atoms with Crippen LogP contribution in [-0.2, 0) is 27.4 Å². The summed E-state index contributed by atoms with van der Waals surface area (Å²) in [4.78, 5) is 44.6. The molecule has 350 valence electrons. The van der Waals surface area contributed by atoms with E-state index < -0.39 is 55.3 Å². The molecule has 0 bridgehead atoms. The van der Waals surface area contributed by atoms with Gasteiger partial charge in [0, 0.05) is 73.5 Å². The second-order valence-electron chi connectivity index (χ2n) is 18.4. The highest BCUT2D eigenvalue weighted by Crippen LogP contribution is 2.51. The molecular formula is C49H57N4O13+. The normalized spacial score (nSPS) is 27.8. The van der Waals surface area contributed by atoms with E-state index in [0.29, 0.717) is 76.0 Å². The second kappa shape index (κ2) is 18.0. The van der Waals surface area contributed by atoms with Crippen LogP contribution in [0.5, 0.6) is 17.2 Å². The Labute approximate surface area is 379 Å². The molecule has 3 aromatic carbocycles. The summed E-state index contributed by atoms with van der Waals surface area (Å²) in [5.41, 5.74) is -0.0384. The lowest BCUT2D eigenvalue weighted by Crippen LogP contribution is -3.05. The smallest absolute Gasteiger partial charge is 0.222 e. The maximum absolute atomic E-state index is 13.9. The Balaban J connectivity index is 1.15. The Bertz CT molecular complexity index is 2730. The number of nitrogens with one attached hydrogen (secondary N) is 3. The number of amides is 1. The number of aliphatic hydroxyl groups is 5. The molecule has 4 aromatic rings. The molecule has 17 heteroatoms. The van der Waals surface area contributed by atoms with Crippen molar-refractivity contribution in [2.75, 3.05) is 33.4 Å². The Morgan fingerprint density at radius 2 is 1.88 bits per heavy atom. The molecule has 66 heavy (non-hydrogen) atoms. The molecule has 11 atom stereocenters. The van der Waals surface area contributed by atoms with Crippen LogP contribution in [-0.4, -0.2) is 123 Å². The summed E-state index contributed by atoms with van der Waals surface area (Å²) in [6.45, 7) is 2.99. The fourth-order valence-corrected chi connectivity index (χ4v) is 10.8. The van der Waals surface area contributed by atoms with Crippen molar-refractivity contribution in [2.24, 2.45) is 22.7 Å². The van der Waals surface area contributed by atoms with E-state index in [9.17, 15) is 45.3 Å². The van der Waals surface area contributed by atoms with E-state index in [-0.39, 0.29) is 53.1 Å². The van der Waals surface area contributed by atoms with Crippen molar-refractivity contribution < 1.29 is 64.4 Å². The number of benzene rings is 3. The van der Waals surface area contributed by atoms with Gasteiger partial charge in [-0.1, -0.05) is 25.1 Å². The standard InChI is InChI=1S/C49H56N4O13/c1-4-37-33-11-12-51-36(33)22-53(37)43-45-28(14-35-39(57)13-25(2)64-46(35)43)15-41(49(65-45)19-26(5-7-30(49)21-50-3)29-16-42(59)52-20-29)66-63-24-48(62,47(61)44(60)40(58)23-54)18-27-6-10-38(56)32-9-8-31(55)17-34(27)32/h5-14,17,22,26,29-30,37,40-41,44,47,50,54-56,58,60-62H,4,15-16,18-21,23-24H2,1-3H3,(H,52,59)/p+1/t26-,29-,30+,37?,40+,41+,44+,47-,48-,49-/m0/s1. The fraction of sp³-hybridized carbons (Fsp3) is 0.449. The quantitative estimate of drug-likeness (QED) is 0.0460. The van der Waals surface area contributed by atoms with E-state index in [2.05, 4.69) is 34.7 Å². The number of aliphatic hydroxyl groups excluding tert-OH is 4. The monoisotopic (exact) mass is 909 g/mol. The minimum Gasteiger partial charge on any atom is -0.508 e. The second-order valence-corrected chi connectivity index (χ2v) is 18.4. The molecule has 1 fully saturated rings. The Morgan fingerprint density at radius 1 is 1.06 bits per heavy atom. The third-order valence-electron chi connectivity index (χ3n) is 14.2. The first-order valence-electron chi connectivity index (χ1n) is 22.5. The summed E-state index contributed by atoms with van der Waals surface area (Å²) in [6, 6.07) is 10.3. The lowest BCUT2D eigenvalue weighted by atomic mass is 9.66. The van der Waals surface area contributed by atoms with Gasteiger partial charge in [-0.05, 0) is 79.6 Å². The van der Waals surface area contributed by atoms with Gasteiger partial charge in [0.05, 0.1) is 12.0 Å². The molecule has 17 nitrogen and oxygen atoms in total. The summed E-state index contributed by atoms with van der Waals surface area (Å²) in [6.07, 6.45) is 4.09. The molecule has 10 N–H and O–H groups in total. The molecule has 5 heterocycles. The van der Waals surface area contributed by atoms with Crippen molar-refractivity contribution in [1.29, 1.82) is 0 Å². The maximum Gasteiger partial charge on any atom is 0.222 e. The molecule has 4 aliphatic heterocycles. The van der Waals surface area contributed by atoms with Crippen molar-refractivity contribution in [3.63, 3.8) is 0 Å². The Hall–Kier alpha value is -5.47. The number of nitrogens with zero attached hydrogens (tertiary/aromatic N) is 1. The van der Waals surface area contributed by atoms with Gasteiger partial charge in [-0.15, -0.1) is 0 Å². The number of rotatable bonds is 15. The van der Waals surface area contributed by atoms with Crippen molar-refractivity contribution in [3.05, 3.63) is 105 Å². The van der Waals surface area contributed by atoms with E-state index in [1.54, 1.807) is 19.2 Å². The van der Waals surface area contributed by atoms with Gasteiger partial charge < -0.3 is 55.5 Å². The Morgan fingerprint density at radius 3 is 2.62 bits per heavy atom. The van der Waals surface area contributed by atoms with Gasteiger partial charge in [0.2, 0.25) is 17.2 Å². The zero-order valence-corrected chi connectivity index (χ0v) is 36.9. The number of phenolic OH excluding ortho intramolecular Hbond substituents is 2. The summed E-state index contributed by atoms with van der Waals surface area (Å²) >= 11 is 0. The number of hydrogen-bond donors (Lipinski definition) is 10. The number of ether oxygens (including phenoxy) is 1. The molecule has 1 saturated heterocycles. The van der Waals surface area contributed by atoms with E-state index in [0.717, 1.165) is 22.6 Å². The number of quaternary nitrogens is 1. The molecule has 0 saturated carbocycles. The number of carbonyl (C=O) groups is 1. The molecule has 1 aromatic heterocycles. The number of aryl methyl sites for hydroxylation is 1. The number of carbonyl (C=O) groups excluding carboxylic acids is 1. The van der Waals surface area contributed by atoms with E-state index >= 15 is 0 Å². The maximum atomic E-state index is 13.9. The SMILES string of the molecule is CCC1C2=CC=NC2=C[NH+]1c1c2c(cc3c(=O)cc(C)oc13)C[C@@H](OOC[C@@](O)(Cc1ccc(O)c3ccc(O)cc13)[C@@H](O)[C@H](O)[C@H](O)CO)[C@@]1(C[C@@H]([C@@H]3CNC(=O)C3)C=C[C@@H]1CNC)O2. The topological polar surface area (TPSA) is 257 Å². The lowest BCUT2D eigenvalue weighted by Gasteiger charge is -2.51. The van der Waals surface area contributed by atoms with Crippen LogP contribution in [0, 0.1) is 24.7 Å². The zero-order valence-electron chi connectivity index (χ0n) is 36.9. The number of allylic oxidation sites excluding steroid dienone is 2. The highest BCUT2D eigenvalue weighted by Gasteiger charge is 2.57. The summed E-state index contributed by atoms with van der Waals surface area (Å²) in [7, 11) is 1.83. The van der Waals surface area contributed by atoms with Crippen LogP contribution in [0.1, 0.15) is 43.1 Å². The summed E-state index contributed by atoms with van der Waals surface area (Å²) < 4.78 is 14.0. The molecule has 1 aliphatic carbocycles. The summed E-state index contributed by atoms with van der Waals surface area (Å²) in [5.74, 6) is 0.0639. The molecular weight excluding hydrogens is 853 g/mol. The third kappa shape index (κ3) is 8.01. The van der Waals surface area contributed by atoms with Crippen LogP contribution < -0.4 is 25.7 Å². The Kier molecular flexibility index (Phi) is 12.4. The van der Waals surface area contributed by atoms with Crippen molar-refractivity contribution in [1.82, 2.24) is 10.6 Å². The van der Waals surface area contributed by atoms with Crippen molar-refractivity contribution in [3.8, 4) is 17.2 Å². The van der Waals surface area contributed by atoms with Crippen molar-refractivity contribution >= 4 is 39.6 Å². The minimum absolute atomic E-state index is 0.0493. The number of fused-ring (bicyclic) bond motifs is 4. The minimum atomic E-state index is -2.43. The van der Waals surface area contributed by atoms with Crippen molar-refractivity contribution in [2.45, 2.75) is 87.6 Å². The first kappa shape index (κ1) is 45.7. The molecule has 0 radical (unpaired) electrons. The van der Waals surface area contributed by atoms with Gasteiger partial charge >= 0.3 is 0 Å². The first-order chi connectivity index (χ1) is 31.7. The predicted molar refractivity (Wildman–Crippen MR) is 241 cm³/mol. The number of aliphatic imine (C=N–C) groups is 1. The zero-order chi connectivity index (χ0) is 46.7. The van der Waals surface area contributed by atoms with Crippen LogP contribution in [0.3, 0.4) is 0 Å². The van der Waals surface area contributed by atoms with Gasteiger partial charge in [-0.3, -0.25) is 19.5 Å². The molecule has 1 spiro atoms. The van der Waals surface area contributed by atoms with Gasteiger partial charge in [0.15, 0.2) is 11.2 Å². The molecule has 2 unspecified atom stereocenters. The predicted octanol–water partition coefficient (Wildman–Crippen LogP) is 1.41. The highest BCUT2D eigenvalue weighted by molar-refractivity contribution is 5.92. The van der Waals surface area contributed by atoms with Gasteiger partial charge in [0.25, 0.3) is 0 Å². The highest BCUT2D eigenvalue weighted by atomic mass is 17.2. The molecule has 5 aliphatic rings. The molecule has 9 rings (SSSR count). The summed E-state index contributed by atoms with van der Waals surface area (Å²) in [5, 5.41) is 83.6. The van der Waals surface area contributed by atoms with Crippen LogP contribution in [0.25, 0.3) is 21.7 Å². The van der Waals surface area contributed by atoms with E-state index in [4.69, 9.17) is 18.9 Å². The van der Waals surface area contributed by atoms with Gasteiger partial charge in [0.1, 0.15) is 77.4 Å². The lowest BCUT2D eigenvalue weighted by molar-refractivity contribution is -0.793. The van der Waals surface area contributed by atoms with Crippen LogP contribution in [0.4, 0.5) is 5.69 Å². The number of phenols is 2. The molecule has 1 amide bonds. The number of aromatic hydroxyl groups is 2. The largest absolute Gasteiger partial charge is 0.508 e. The third-order valence-corrected chi connectivity index (χ3v) is 14.2. The first-order valence-corrected chi connectivity index (χ1v) is 22.5. The van der Waals surface area contributed by atoms with Gasteiger partial charge in [-0.2, -0.15) is 0 Å². The average Bonchev–Trinajstić information content (AvgIpc) is 4.04. The van der Waals surface area contributed by atoms with Crippen LogP contribution in [0.15, 0.2) is 92.4 Å². The number of hydrogen-bond acceptors (Lipinski definition) is 15. The van der Waals surface area contributed by atoms with Crippen LogP contribution >= 0.6 is 0 Å².